The molecule has 0 amide bonds. The van der Waals surface area contributed by atoms with Crippen molar-refractivity contribution in [3.8, 4) is 0 Å². The number of rotatable bonds is 22. The summed E-state index contributed by atoms with van der Waals surface area (Å²) < 4.78 is 45.4. The van der Waals surface area contributed by atoms with Gasteiger partial charge in [0.25, 0.3) is 0 Å². The first kappa shape index (κ1) is 48.8. The van der Waals surface area contributed by atoms with Crippen molar-refractivity contribution in [2.45, 2.75) is 194 Å². The predicted molar refractivity (Wildman–Crippen MR) is 189 cm³/mol. The summed E-state index contributed by atoms with van der Waals surface area (Å²) >= 11 is 0. The topological polar surface area (TPSA) is 337 Å². The molecule has 57 heavy (non-hydrogen) atoms. The highest BCUT2D eigenvalue weighted by Gasteiger charge is 2.54. The first-order valence-corrected chi connectivity index (χ1v) is 20.1. The molecule has 21 nitrogen and oxygen atoms in total. The Bertz CT molecular complexity index is 1110. The van der Waals surface area contributed by atoms with E-state index >= 15 is 0 Å². The fraction of sp³-hybridized carbons (Fsp3) is 1.00. The Balaban J connectivity index is 1.44. The molecule has 4 rings (SSSR count). The molecule has 0 radical (unpaired) electrons. The maximum absolute atomic E-state index is 11.3. The summed E-state index contributed by atoms with van der Waals surface area (Å²) in [4.78, 5) is 0. The first-order valence-electron chi connectivity index (χ1n) is 20.1. The van der Waals surface area contributed by atoms with Crippen LogP contribution in [-0.4, -0.2) is 222 Å². The van der Waals surface area contributed by atoms with Crippen LogP contribution in [0.4, 0.5) is 0 Å². The molecule has 0 saturated carbocycles. The van der Waals surface area contributed by atoms with Crippen molar-refractivity contribution in [3.05, 3.63) is 0 Å². The number of aliphatic hydroxyl groups excluding tert-OH is 13. The van der Waals surface area contributed by atoms with Gasteiger partial charge in [-0.2, -0.15) is 0 Å². The number of hydrogen-bond acceptors (Lipinski definition) is 21. The second kappa shape index (κ2) is 24.0. The smallest absolute Gasteiger partial charge is 0.187 e. The van der Waals surface area contributed by atoms with Gasteiger partial charge < -0.3 is 104 Å². The third-order valence-electron chi connectivity index (χ3n) is 10.9. The summed E-state index contributed by atoms with van der Waals surface area (Å²) in [5, 5.41) is 136. The van der Waals surface area contributed by atoms with Crippen molar-refractivity contribution >= 4 is 0 Å². The zero-order chi connectivity index (χ0) is 41.8. The van der Waals surface area contributed by atoms with Crippen molar-refractivity contribution in [2.75, 3.05) is 33.0 Å². The zero-order valence-corrected chi connectivity index (χ0v) is 32.2. The molecule has 21 heteroatoms. The fourth-order valence-electron chi connectivity index (χ4n) is 7.35. The highest BCUT2D eigenvalue weighted by atomic mass is 16.8. The lowest BCUT2D eigenvalue weighted by Gasteiger charge is -2.47. The average Bonchev–Trinajstić information content (AvgIpc) is 3.20. The summed E-state index contributed by atoms with van der Waals surface area (Å²) in [5.74, 6) is 0. The Morgan fingerprint density at radius 2 is 0.772 bits per heavy atom. The van der Waals surface area contributed by atoms with E-state index in [1.54, 1.807) is 0 Å². The van der Waals surface area contributed by atoms with Gasteiger partial charge in [-0.05, 0) is 6.42 Å². The van der Waals surface area contributed by atoms with Gasteiger partial charge in [0.1, 0.15) is 97.7 Å². The summed E-state index contributed by atoms with van der Waals surface area (Å²) in [6, 6.07) is 0. The number of hydrogen-bond donors (Lipinski definition) is 13. The van der Waals surface area contributed by atoms with Crippen LogP contribution < -0.4 is 0 Å². The lowest BCUT2D eigenvalue weighted by molar-refractivity contribution is -0.375. The highest BCUT2D eigenvalue weighted by Crippen LogP contribution is 2.33. The Morgan fingerprint density at radius 3 is 1.28 bits per heavy atom. The molecule has 0 aliphatic carbocycles. The molecule has 13 N–H and O–H groups in total. The van der Waals surface area contributed by atoms with Gasteiger partial charge >= 0.3 is 0 Å². The van der Waals surface area contributed by atoms with Crippen LogP contribution in [0, 0.1) is 0 Å². The molecule has 20 atom stereocenters. The van der Waals surface area contributed by atoms with Crippen LogP contribution in [-0.2, 0) is 37.9 Å². The molecule has 4 aliphatic heterocycles. The minimum absolute atomic E-state index is 0.147. The monoisotopic (exact) mass is 834 g/mol. The van der Waals surface area contributed by atoms with Crippen molar-refractivity contribution in [3.63, 3.8) is 0 Å². The molecule has 0 aromatic heterocycles. The molecule has 0 spiro atoms. The molecule has 4 saturated heterocycles. The minimum atomic E-state index is -1.91. The number of ether oxygens (including phenoxy) is 8. The molecule has 336 valence electrons. The van der Waals surface area contributed by atoms with E-state index < -0.39 is 149 Å². The molecule has 4 fully saturated rings. The second-order valence-corrected chi connectivity index (χ2v) is 15.2. The average molecular weight is 835 g/mol. The van der Waals surface area contributed by atoms with Gasteiger partial charge in [-0.25, -0.2) is 0 Å². The van der Waals surface area contributed by atoms with E-state index in [4.69, 9.17) is 37.9 Å². The van der Waals surface area contributed by atoms with E-state index in [0.29, 0.717) is 6.42 Å². The third kappa shape index (κ3) is 12.6. The summed E-state index contributed by atoms with van der Waals surface area (Å²) in [6.45, 7) is -0.716. The number of unbranched alkanes of at least 4 members (excludes halogenated alkanes) is 9. The highest BCUT2D eigenvalue weighted by molar-refractivity contribution is 4.96. The van der Waals surface area contributed by atoms with Crippen LogP contribution in [0.3, 0.4) is 0 Å². The van der Waals surface area contributed by atoms with Crippen LogP contribution >= 0.6 is 0 Å². The maximum atomic E-state index is 11.3. The lowest BCUT2D eigenvalue weighted by atomic mass is 9.96. The van der Waals surface area contributed by atoms with E-state index in [-0.39, 0.29) is 6.61 Å². The summed E-state index contributed by atoms with van der Waals surface area (Å²) in [5.41, 5.74) is 0. The van der Waals surface area contributed by atoms with E-state index in [1.807, 2.05) is 0 Å². The molecule has 0 bridgehead atoms. The zero-order valence-electron chi connectivity index (χ0n) is 32.2. The Morgan fingerprint density at radius 1 is 0.368 bits per heavy atom. The van der Waals surface area contributed by atoms with Gasteiger partial charge in [0.15, 0.2) is 25.2 Å². The normalized spacial score (nSPS) is 44.3. The summed E-state index contributed by atoms with van der Waals surface area (Å²) in [7, 11) is 0. The van der Waals surface area contributed by atoms with Gasteiger partial charge in [0.05, 0.1) is 26.4 Å². The van der Waals surface area contributed by atoms with Crippen molar-refractivity contribution < 1.29 is 104 Å². The van der Waals surface area contributed by atoms with Crippen molar-refractivity contribution in [1.29, 1.82) is 0 Å². The van der Waals surface area contributed by atoms with E-state index in [0.717, 1.165) is 25.7 Å². The van der Waals surface area contributed by atoms with Gasteiger partial charge in [-0.1, -0.05) is 64.7 Å². The quantitative estimate of drug-likeness (QED) is 0.0455. The third-order valence-corrected chi connectivity index (χ3v) is 10.9. The molecular weight excluding hydrogens is 768 g/mol. The molecule has 0 aromatic rings. The standard InChI is InChI=1S/C36H66O21/c1-2-3-4-5-6-7-8-9-10-11-12-50-33-29(48)26(45)31(56-35-27(46)24(43)21(40)17(13-37)53-35)20(55-33)16-51-34-30(49)32(23(42)19(15-39)52-34)57-36-28(47)25(44)22(41)18(14-38)54-36/h17-49H,2-16H2,1H3/t17-,18-,19-,20-,21+,22+,23+,24+,25+,26-,27-,28-,29-,30-,31-,32+,33-,34-,35-,36+/m1/s1. The Kier molecular flexibility index (Phi) is 20.5. The molecule has 4 aliphatic rings. The minimum Gasteiger partial charge on any atom is -0.394 e. The van der Waals surface area contributed by atoms with Gasteiger partial charge in [0, 0.05) is 6.61 Å². The molecule has 4 heterocycles. The second-order valence-electron chi connectivity index (χ2n) is 15.2. The predicted octanol–water partition coefficient (Wildman–Crippen LogP) is -4.80. The maximum Gasteiger partial charge on any atom is 0.187 e. The van der Waals surface area contributed by atoms with Gasteiger partial charge in [0.2, 0.25) is 0 Å². The van der Waals surface area contributed by atoms with Crippen LogP contribution in [0.15, 0.2) is 0 Å². The summed E-state index contributed by atoms with van der Waals surface area (Å²) in [6.07, 6.45) is -23.2. The SMILES string of the molecule is CCCCCCCCCCCCO[C@@H]1O[C@H](CO[C@@H]2O[C@H](CO)[C@H](O)[C@H](O[C@@H]3O[C@H](CO)[C@H](O)[C@H](O)[C@H]3O)[C@H]2O)[C@@H](O[C@H]2O[C@H](CO)[C@H](O)[C@H](O)[C@H]2O)[C@H](O)[C@H]1O. The van der Waals surface area contributed by atoms with E-state index in [1.165, 1.54) is 32.1 Å². The van der Waals surface area contributed by atoms with E-state index in [2.05, 4.69) is 6.92 Å². The van der Waals surface area contributed by atoms with Gasteiger partial charge in [-0.15, -0.1) is 0 Å². The number of aliphatic hydroxyl groups is 13. The van der Waals surface area contributed by atoms with Gasteiger partial charge in [-0.3, -0.25) is 0 Å². The Labute approximate surface area is 331 Å². The largest absolute Gasteiger partial charge is 0.394 e. The molecular formula is C36H66O21. The lowest BCUT2D eigenvalue weighted by Crippen LogP contribution is -2.66. The van der Waals surface area contributed by atoms with E-state index in [9.17, 15) is 66.4 Å². The van der Waals surface area contributed by atoms with Crippen LogP contribution in [0.5, 0.6) is 0 Å². The first-order chi connectivity index (χ1) is 27.3. The van der Waals surface area contributed by atoms with Crippen LogP contribution in [0.2, 0.25) is 0 Å². The van der Waals surface area contributed by atoms with Crippen molar-refractivity contribution in [1.82, 2.24) is 0 Å². The Hall–Kier alpha value is -0.840. The van der Waals surface area contributed by atoms with Crippen LogP contribution in [0.1, 0.15) is 71.1 Å². The van der Waals surface area contributed by atoms with Crippen molar-refractivity contribution in [2.24, 2.45) is 0 Å². The van der Waals surface area contributed by atoms with Crippen LogP contribution in [0.25, 0.3) is 0 Å². The molecule has 0 unspecified atom stereocenters. The molecule has 0 aromatic carbocycles. The fourth-order valence-corrected chi connectivity index (χ4v) is 7.35.